The van der Waals surface area contributed by atoms with Crippen LogP contribution < -0.4 is 4.74 Å². The van der Waals surface area contributed by atoms with E-state index in [0.29, 0.717) is 24.8 Å². The van der Waals surface area contributed by atoms with Crippen molar-refractivity contribution in [3.05, 3.63) is 28.8 Å². The second-order valence-electron chi connectivity index (χ2n) is 4.69. The van der Waals surface area contributed by atoms with Crippen LogP contribution in [0.4, 0.5) is 0 Å². The predicted octanol–water partition coefficient (Wildman–Crippen LogP) is 3.78. The van der Waals surface area contributed by atoms with Gasteiger partial charge in [0, 0.05) is 11.6 Å². The molecular formula is C16H23ClO4. The minimum atomic E-state index is -0.277. The molecule has 1 aromatic carbocycles. The first-order chi connectivity index (χ1) is 10.1. The zero-order valence-electron chi connectivity index (χ0n) is 12.7. The molecule has 0 unspecified atom stereocenters. The van der Waals surface area contributed by atoms with Crippen LogP contribution in [0.3, 0.4) is 0 Å². The number of esters is 1. The van der Waals surface area contributed by atoms with Crippen LogP contribution >= 0.6 is 11.6 Å². The van der Waals surface area contributed by atoms with Gasteiger partial charge in [0.15, 0.2) is 0 Å². The van der Waals surface area contributed by atoms with Gasteiger partial charge in [-0.1, -0.05) is 24.9 Å². The van der Waals surface area contributed by atoms with Gasteiger partial charge in [0.2, 0.25) is 0 Å². The van der Waals surface area contributed by atoms with Crippen molar-refractivity contribution >= 4 is 17.6 Å². The molecule has 0 saturated heterocycles. The van der Waals surface area contributed by atoms with Crippen molar-refractivity contribution in [1.29, 1.82) is 0 Å². The van der Waals surface area contributed by atoms with E-state index in [1.165, 1.54) is 0 Å². The lowest BCUT2D eigenvalue weighted by atomic mass is 10.2. The number of rotatable bonds is 10. The summed E-state index contributed by atoms with van der Waals surface area (Å²) in [6.07, 6.45) is 2.35. The van der Waals surface area contributed by atoms with Crippen LogP contribution in [0.15, 0.2) is 18.2 Å². The molecule has 0 aromatic heterocycles. The number of halogens is 1. The summed E-state index contributed by atoms with van der Waals surface area (Å²) in [6, 6.07) is 5.38. The van der Waals surface area contributed by atoms with E-state index in [1.54, 1.807) is 12.1 Å². The van der Waals surface area contributed by atoms with E-state index in [0.717, 1.165) is 24.2 Å². The molecular weight excluding hydrogens is 292 g/mol. The Hall–Kier alpha value is -1.26. The van der Waals surface area contributed by atoms with Crippen molar-refractivity contribution in [2.45, 2.75) is 33.1 Å². The summed E-state index contributed by atoms with van der Waals surface area (Å²) in [5.41, 5.74) is 0.945. The average molecular weight is 315 g/mol. The minimum absolute atomic E-state index is 0.219. The summed E-state index contributed by atoms with van der Waals surface area (Å²) in [4.78, 5) is 11.5. The molecule has 0 aliphatic carbocycles. The van der Waals surface area contributed by atoms with Gasteiger partial charge in [-0.3, -0.25) is 4.79 Å². The van der Waals surface area contributed by atoms with E-state index in [1.807, 2.05) is 13.0 Å². The van der Waals surface area contributed by atoms with E-state index in [2.05, 4.69) is 6.92 Å². The van der Waals surface area contributed by atoms with Gasteiger partial charge >= 0.3 is 5.97 Å². The molecule has 21 heavy (non-hydrogen) atoms. The molecule has 0 saturated carbocycles. The lowest BCUT2D eigenvalue weighted by Gasteiger charge is -2.09. The molecule has 0 spiro atoms. The molecule has 0 bridgehead atoms. The van der Waals surface area contributed by atoms with Gasteiger partial charge in [-0.05, 0) is 37.1 Å². The Balaban J connectivity index is 2.10. The van der Waals surface area contributed by atoms with Crippen LogP contribution in [0.2, 0.25) is 5.02 Å². The van der Waals surface area contributed by atoms with Crippen molar-refractivity contribution < 1.29 is 19.0 Å². The molecule has 0 aliphatic heterocycles. The first kappa shape index (κ1) is 17.8. The molecule has 4 nitrogen and oxygen atoms in total. The highest BCUT2D eigenvalue weighted by Gasteiger charge is 2.05. The third-order valence-electron chi connectivity index (χ3n) is 2.83. The van der Waals surface area contributed by atoms with Gasteiger partial charge in [-0.2, -0.15) is 0 Å². The van der Waals surface area contributed by atoms with Gasteiger partial charge < -0.3 is 14.2 Å². The Morgan fingerprint density at radius 3 is 2.71 bits per heavy atom. The number of ether oxygens (including phenoxy) is 3. The second-order valence-corrected chi connectivity index (χ2v) is 5.13. The van der Waals surface area contributed by atoms with Crippen molar-refractivity contribution in [3.8, 4) is 5.75 Å². The standard InChI is InChI=1S/C16H23ClO4/c1-3-4-8-19-10-11-21-16(18)7-9-20-15-6-5-14(17)12-13(15)2/h5-6,12H,3-4,7-11H2,1-2H3. The normalized spacial score (nSPS) is 10.4. The second kappa shape index (κ2) is 10.5. The van der Waals surface area contributed by atoms with Gasteiger partial charge in [-0.25, -0.2) is 0 Å². The number of hydrogen-bond donors (Lipinski definition) is 0. The van der Waals surface area contributed by atoms with Gasteiger partial charge in [0.1, 0.15) is 12.4 Å². The van der Waals surface area contributed by atoms with Crippen molar-refractivity contribution in [2.75, 3.05) is 26.4 Å². The highest BCUT2D eigenvalue weighted by molar-refractivity contribution is 6.30. The monoisotopic (exact) mass is 314 g/mol. The number of benzene rings is 1. The molecule has 0 fully saturated rings. The SMILES string of the molecule is CCCCOCCOC(=O)CCOc1ccc(Cl)cc1C. The van der Waals surface area contributed by atoms with Gasteiger partial charge in [-0.15, -0.1) is 0 Å². The van der Waals surface area contributed by atoms with Crippen molar-refractivity contribution in [1.82, 2.24) is 0 Å². The van der Waals surface area contributed by atoms with Gasteiger partial charge in [0.25, 0.3) is 0 Å². The first-order valence-corrected chi connectivity index (χ1v) is 7.63. The van der Waals surface area contributed by atoms with E-state index in [9.17, 15) is 4.79 Å². The summed E-state index contributed by atoms with van der Waals surface area (Å²) >= 11 is 5.86. The summed E-state index contributed by atoms with van der Waals surface area (Å²) in [6.45, 7) is 5.76. The molecule has 0 aliphatic rings. The van der Waals surface area contributed by atoms with Crippen LogP contribution in [0.1, 0.15) is 31.7 Å². The molecule has 0 heterocycles. The number of carbonyl (C=O) groups excluding carboxylic acids is 1. The fourth-order valence-corrected chi connectivity index (χ4v) is 1.88. The fraction of sp³-hybridized carbons (Fsp3) is 0.562. The van der Waals surface area contributed by atoms with Crippen molar-refractivity contribution in [2.24, 2.45) is 0 Å². The van der Waals surface area contributed by atoms with Crippen LogP contribution in [0.5, 0.6) is 5.75 Å². The predicted molar refractivity (Wildman–Crippen MR) is 83.0 cm³/mol. The third kappa shape index (κ3) is 7.93. The number of carbonyl (C=O) groups is 1. The Morgan fingerprint density at radius 2 is 2.00 bits per heavy atom. The van der Waals surface area contributed by atoms with E-state index < -0.39 is 0 Å². The molecule has 5 heteroatoms. The number of hydrogen-bond acceptors (Lipinski definition) is 4. The van der Waals surface area contributed by atoms with E-state index in [4.69, 9.17) is 25.8 Å². The molecule has 0 atom stereocenters. The Bertz CT molecular complexity index is 434. The Morgan fingerprint density at radius 1 is 1.19 bits per heavy atom. The number of unbranched alkanes of at least 4 members (excludes halogenated alkanes) is 1. The average Bonchev–Trinajstić information content (AvgIpc) is 2.45. The maximum Gasteiger partial charge on any atom is 0.309 e. The number of aryl methyl sites for hydroxylation is 1. The Kier molecular flexibility index (Phi) is 8.87. The lowest BCUT2D eigenvalue weighted by molar-refractivity contribution is -0.145. The molecule has 1 aromatic rings. The topological polar surface area (TPSA) is 44.8 Å². The molecule has 0 amide bonds. The van der Waals surface area contributed by atoms with E-state index in [-0.39, 0.29) is 19.0 Å². The zero-order chi connectivity index (χ0) is 15.5. The highest BCUT2D eigenvalue weighted by atomic mass is 35.5. The quantitative estimate of drug-likeness (QED) is 0.487. The lowest BCUT2D eigenvalue weighted by Crippen LogP contribution is -2.14. The summed E-state index contributed by atoms with van der Waals surface area (Å²) in [5.74, 6) is 0.454. The van der Waals surface area contributed by atoms with Crippen LogP contribution in [0.25, 0.3) is 0 Å². The summed E-state index contributed by atoms with van der Waals surface area (Å²) in [5, 5.41) is 0.669. The van der Waals surface area contributed by atoms with Crippen LogP contribution in [0, 0.1) is 6.92 Å². The molecule has 0 radical (unpaired) electrons. The smallest absolute Gasteiger partial charge is 0.309 e. The van der Waals surface area contributed by atoms with Crippen LogP contribution in [-0.4, -0.2) is 32.4 Å². The summed E-state index contributed by atoms with van der Waals surface area (Å²) in [7, 11) is 0. The van der Waals surface area contributed by atoms with Crippen LogP contribution in [-0.2, 0) is 14.3 Å². The summed E-state index contributed by atoms with van der Waals surface area (Å²) < 4.78 is 15.9. The van der Waals surface area contributed by atoms with Gasteiger partial charge in [0.05, 0.1) is 19.6 Å². The Labute approximate surface area is 131 Å². The third-order valence-corrected chi connectivity index (χ3v) is 3.07. The maximum absolute atomic E-state index is 11.5. The maximum atomic E-state index is 11.5. The molecule has 118 valence electrons. The van der Waals surface area contributed by atoms with Crippen molar-refractivity contribution in [3.63, 3.8) is 0 Å². The highest BCUT2D eigenvalue weighted by Crippen LogP contribution is 2.21. The molecule has 0 N–H and O–H groups in total. The largest absolute Gasteiger partial charge is 0.493 e. The molecule has 1 rings (SSSR count). The van der Waals surface area contributed by atoms with E-state index >= 15 is 0 Å². The minimum Gasteiger partial charge on any atom is -0.493 e. The fourth-order valence-electron chi connectivity index (χ4n) is 1.65. The zero-order valence-corrected chi connectivity index (χ0v) is 13.4. The first-order valence-electron chi connectivity index (χ1n) is 7.25.